The number of aryl methyl sites for hydroxylation is 1. The third-order valence-corrected chi connectivity index (χ3v) is 2.89. The first-order valence-electron chi connectivity index (χ1n) is 5.53. The van der Waals surface area contributed by atoms with E-state index in [1.165, 1.54) is 0 Å². The molecular weight excluding hydrogens is 206 g/mol. The van der Waals surface area contributed by atoms with E-state index in [4.69, 9.17) is 4.74 Å². The lowest BCUT2D eigenvalue weighted by Gasteiger charge is -2.11. The van der Waals surface area contributed by atoms with Crippen molar-refractivity contribution in [1.29, 1.82) is 0 Å². The summed E-state index contributed by atoms with van der Waals surface area (Å²) >= 11 is 0. The van der Waals surface area contributed by atoms with E-state index in [0.717, 1.165) is 18.4 Å². The molecule has 4 heteroatoms. The van der Waals surface area contributed by atoms with Crippen LogP contribution in [-0.4, -0.2) is 22.9 Å². The molecule has 1 aromatic rings. The second kappa shape index (κ2) is 4.12. The number of carbonyl (C=O) groups is 2. The summed E-state index contributed by atoms with van der Waals surface area (Å²) in [4.78, 5) is 23.4. The fourth-order valence-corrected chi connectivity index (χ4v) is 2.20. The molecule has 0 aliphatic heterocycles. The van der Waals surface area contributed by atoms with Crippen LogP contribution in [0.2, 0.25) is 0 Å². The van der Waals surface area contributed by atoms with Crippen molar-refractivity contribution in [3.05, 3.63) is 23.0 Å². The van der Waals surface area contributed by atoms with Gasteiger partial charge in [-0.3, -0.25) is 4.79 Å². The molecule has 0 saturated heterocycles. The Balaban J connectivity index is 2.46. The van der Waals surface area contributed by atoms with E-state index in [9.17, 15) is 9.59 Å². The van der Waals surface area contributed by atoms with Crippen molar-refractivity contribution < 1.29 is 14.3 Å². The van der Waals surface area contributed by atoms with Gasteiger partial charge in [0.25, 0.3) is 0 Å². The fraction of sp³-hybridized carbons (Fsp3) is 0.500. The molecule has 1 aliphatic rings. The van der Waals surface area contributed by atoms with Gasteiger partial charge in [0, 0.05) is 25.2 Å². The summed E-state index contributed by atoms with van der Waals surface area (Å²) in [5, 5.41) is 0. The Hall–Kier alpha value is -1.58. The number of fused-ring (bicyclic) bond motifs is 1. The minimum absolute atomic E-state index is 0.132. The van der Waals surface area contributed by atoms with Gasteiger partial charge in [-0.25, -0.2) is 4.79 Å². The highest BCUT2D eigenvalue weighted by Crippen LogP contribution is 2.26. The second-order valence-corrected chi connectivity index (χ2v) is 3.98. The molecule has 86 valence electrons. The van der Waals surface area contributed by atoms with Gasteiger partial charge in [0.1, 0.15) is 5.69 Å². The van der Waals surface area contributed by atoms with Crippen LogP contribution in [0.4, 0.5) is 0 Å². The van der Waals surface area contributed by atoms with E-state index in [-0.39, 0.29) is 11.8 Å². The number of rotatable bonds is 2. The van der Waals surface area contributed by atoms with Crippen molar-refractivity contribution in [3.8, 4) is 0 Å². The summed E-state index contributed by atoms with van der Waals surface area (Å²) in [6.45, 7) is 2.13. The van der Waals surface area contributed by atoms with Gasteiger partial charge < -0.3 is 9.30 Å². The van der Waals surface area contributed by atoms with Crippen LogP contribution in [0.5, 0.6) is 0 Å². The van der Waals surface area contributed by atoms with E-state index >= 15 is 0 Å². The zero-order chi connectivity index (χ0) is 11.7. The third kappa shape index (κ3) is 1.64. The maximum atomic E-state index is 11.8. The average Bonchev–Trinajstić information content (AvgIpc) is 2.56. The number of hydrogen-bond acceptors (Lipinski definition) is 3. The first-order chi connectivity index (χ1) is 7.65. The minimum Gasteiger partial charge on any atom is -0.461 e. The maximum absolute atomic E-state index is 11.8. The Labute approximate surface area is 94.2 Å². The highest BCUT2D eigenvalue weighted by Gasteiger charge is 2.27. The van der Waals surface area contributed by atoms with E-state index < -0.39 is 0 Å². The Morgan fingerprint density at radius 3 is 2.94 bits per heavy atom. The van der Waals surface area contributed by atoms with Crippen LogP contribution < -0.4 is 0 Å². The molecule has 0 saturated carbocycles. The highest BCUT2D eigenvalue weighted by atomic mass is 16.5. The van der Waals surface area contributed by atoms with Crippen molar-refractivity contribution in [2.24, 2.45) is 7.05 Å². The van der Waals surface area contributed by atoms with Crippen LogP contribution in [-0.2, 0) is 18.2 Å². The molecule has 0 bridgehead atoms. The molecule has 1 aliphatic carbocycles. The predicted molar refractivity (Wildman–Crippen MR) is 58.6 cm³/mol. The average molecular weight is 221 g/mol. The van der Waals surface area contributed by atoms with Gasteiger partial charge in [0.2, 0.25) is 0 Å². The topological polar surface area (TPSA) is 48.3 Å². The Kier molecular flexibility index (Phi) is 2.81. The number of aromatic nitrogens is 1. The summed E-state index contributed by atoms with van der Waals surface area (Å²) in [7, 11) is 1.78. The van der Waals surface area contributed by atoms with Crippen molar-refractivity contribution >= 4 is 11.8 Å². The van der Waals surface area contributed by atoms with Crippen molar-refractivity contribution in [2.45, 2.75) is 26.2 Å². The van der Waals surface area contributed by atoms with Crippen molar-refractivity contribution in [3.63, 3.8) is 0 Å². The standard InChI is InChI=1S/C12H15NO3/c1-3-16-12(15)11-8-5-4-6-10(14)9(8)7-13(11)2/h7H,3-6H2,1-2H3. The molecule has 0 amide bonds. The number of nitrogens with zero attached hydrogens (tertiary/aromatic N) is 1. The molecule has 4 nitrogen and oxygen atoms in total. The highest BCUT2D eigenvalue weighted by molar-refractivity contribution is 6.02. The number of ether oxygens (including phenoxy) is 1. The maximum Gasteiger partial charge on any atom is 0.355 e. The van der Waals surface area contributed by atoms with Crippen LogP contribution in [0.15, 0.2) is 6.20 Å². The molecular formula is C12H15NO3. The lowest BCUT2D eigenvalue weighted by atomic mass is 9.93. The fourth-order valence-electron chi connectivity index (χ4n) is 2.20. The van der Waals surface area contributed by atoms with Gasteiger partial charge in [-0.1, -0.05) is 0 Å². The minimum atomic E-state index is -0.332. The molecule has 1 aromatic heterocycles. The number of ketones is 1. The van der Waals surface area contributed by atoms with E-state index in [0.29, 0.717) is 24.3 Å². The van der Waals surface area contributed by atoms with Crippen LogP contribution in [0.25, 0.3) is 0 Å². The van der Waals surface area contributed by atoms with Gasteiger partial charge in [0.15, 0.2) is 5.78 Å². The Morgan fingerprint density at radius 2 is 2.25 bits per heavy atom. The molecule has 2 rings (SSSR count). The first-order valence-corrected chi connectivity index (χ1v) is 5.53. The van der Waals surface area contributed by atoms with Crippen LogP contribution in [0.3, 0.4) is 0 Å². The number of hydrogen-bond donors (Lipinski definition) is 0. The Bertz CT molecular complexity index is 445. The first kappa shape index (κ1) is 10.9. The number of Topliss-reactive ketones (excluding diaryl/α,β-unsaturated/α-hetero) is 1. The van der Waals surface area contributed by atoms with E-state index in [2.05, 4.69) is 0 Å². The molecule has 0 radical (unpaired) electrons. The van der Waals surface area contributed by atoms with Crippen molar-refractivity contribution in [2.75, 3.05) is 6.61 Å². The molecule has 0 unspecified atom stereocenters. The largest absolute Gasteiger partial charge is 0.461 e. The Morgan fingerprint density at radius 1 is 1.50 bits per heavy atom. The monoisotopic (exact) mass is 221 g/mol. The summed E-state index contributed by atoms with van der Waals surface area (Å²) in [6, 6.07) is 0. The summed E-state index contributed by atoms with van der Waals surface area (Å²) in [5.74, 6) is -0.201. The molecule has 0 aromatic carbocycles. The van der Waals surface area contributed by atoms with Gasteiger partial charge in [-0.15, -0.1) is 0 Å². The van der Waals surface area contributed by atoms with Crippen LogP contribution >= 0.6 is 0 Å². The van der Waals surface area contributed by atoms with Gasteiger partial charge in [-0.2, -0.15) is 0 Å². The molecule has 16 heavy (non-hydrogen) atoms. The molecule has 0 atom stereocenters. The zero-order valence-electron chi connectivity index (χ0n) is 9.58. The summed E-state index contributed by atoms with van der Waals surface area (Å²) in [6.07, 6.45) is 3.93. The van der Waals surface area contributed by atoms with Gasteiger partial charge in [0.05, 0.1) is 6.61 Å². The molecule has 0 fully saturated rings. The molecule has 0 N–H and O–H groups in total. The lowest BCUT2D eigenvalue weighted by molar-refractivity contribution is 0.0514. The number of carbonyl (C=O) groups excluding carboxylic acids is 2. The SMILES string of the molecule is CCOC(=O)c1c2c(cn1C)C(=O)CCC2. The molecule has 1 heterocycles. The smallest absolute Gasteiger partial charge is 0.355 e. The van der Waals surface area contributed by atoms with Gasteiger partial charge >= 0.3 is 5.97 Å². The van der Waals surface area contributed by atoms with Crippen LogP contribution in [0.1, 0.15) is 46.2 Å². The molecule has 0 spiro atoms. The van der Waals surface area contributed by atoms with Gasteiger partial charge in [-0.05, 0) is 25.3 Å². The lowest BCUT2D eigenvalue weighted by Crippen LogP contribution is -2.14. The third-order valence-electron chi connectivity index (χ3n) is 2.89. The van der Waals surface area contributed by atoms with Crippen LogP contribution in [0, 0.1) is 0 Å². The predicted octanol–water partition coefficient (Wildman–Crippen LogP) is 1.72. The zero-order valence-corrected chi connectivity index (χ0v) is 9.58. The van der Waals surface area contributed by atoms with E-state index in [1.54, 1.807) is 24.7 Å². The quantitative estimate of drug-likeness (QED) is 0.714. The number of esters is 1. The normalized spacial score (nSPS) is 14.8. The summed E-state index contributed by atoms with van der Waals surface area (Å²) in [5.41, 5.74) is 2.08. The van der Waals surface area contributed by atoms with Crippen molar-refractivity contribution in [1.82, 2.24) is 4.57 Å². The summed E-state index contributed by atoms with van der Waals surface area (Å²) < 4.78 is 6.70. The van der Waals surface area contributed by atoms with E-state index in [1.807, 2.05) is 0 Å². The second-order valence-electron chi connectivity index (χ2n) is 3.98.